The molecule has 1 amide bonds. The van der Waals surface area contributed by atoms with Gasteiger partial charge in [-0.2, -0.15) is 0 Å². The Kier molecular flexibility index (Phi) is 7.70. The molecule has 0 heterocycles. The van der Waals surface area contributed by atoms with E-state index in [9.17, 15) is 13.2 Å². The van der Waals surface area contributed by atoms with E-state index in [0.29, 0.717) is 12.1 Å². The third kappa shape index (κ3) is 6.08. The zero-order valence-electron chi connectivity index (χ0n) is 19.2. The lowest BCUT2D eigenvalue weighted by Gasteiger charge is -2.25. The van der Waals surface area contributed by atoms with E-state index in [2.05, 4.69) is 38.2 Å². The summed E-state index contributed by atoms with van der Waals surface area (Å²) in [6.45, 7) is 12.3. The van der Waals surface area contributed by atoms with Gasteiger partial charge in [0.05, 0.1) is 18.0 Å². The first-order chi connectivity index (χ1) is 13.9. The van der Waals surface area contributed by atoms with Crippen LogP contribution in [0.5, 0.6) is 0 Å². The molecule has 0 aliphatic carbocycles. The lowest BCUT2D eigenvalue weighted by Crippen LogP contribution is -2.33. The number of hydrogen-bond acceptors (Lipinski definition) is 3. The molecule has 0 saturated heterocycles. The van der Waals surface area contributed by atoms with E-state index in [1.54, 1.807) is 0 Å². The number of amides is 1. The van der Waals surface area contributed by atoms with Gasteiger partial charge in [-0.3, -0.25) is 9.10 Å². The molecule has 2 aromatic rings. The second kappa shape index (κ2) is 9.65. The molecular weight excluding hydrogens is 396 g/mol. The van der Waals surface area contributed by atoms with Crippen LogP contribution in [0.15, 0.2) is 30.3 Å². The Hall–Kier alpha value is -2.34. The van der Waals surface area contributed by atoms with E-state index in [1.807, 2.05) is 39.0 Å². The SMILES string of the molecule is Cc1ccc(C)c(N(CCCC(=O)NC(C)c2cc(C)c(C)cc2C)S(C)(=O)=O)c1. The Labute approximate surface area is 181 Å². The van der Waals surface area contributed by atoms with Gasteiger partial charge in [0.25, 0.3) is 0 Å². The van der Waals surface area contributed by atoms with Crippen molar-refractivity contribution in [3.05, 3.63) is 63.7 Å². The third-order valence-electron chi connectivity index (χ3n) is 5.53. The normalized spacial score (nSPS) is 12.5. The van der Waals surface area contributed by atoms with Gasteiger partial charge in [0.1, 0.15) is 0 Å². The highest BCUT2D eigenvalue weighted by Crippen LogP contribution is 2.25. The van der Waals surface area contributed by atoms with Crippen LogP contribution in [0.2, 0.25) is 0 Å². The third-order valence-corrected chi connectivity index (χ3v) is 6.71. The van der Waals surface area contributed by atoms with Gasteiger partial charge < -0.3 is 5.32 Å². The Balaban J connectivity index is 2.03. The molecule has 0 aliphatic heterocycles. The molecule has 0 saturated carbocycles. The summed E-state index contributed by atoms with van der Waals surface area (Å²) >= 11 is 0. The van der Waals surface area contributed by atoms with Crippen molar-refractivity contribution in [3.8, 4) is 0 Å². The summed E-state index contributed by atoms with van der Waals surface area (Å²) in [6, 6.07) is 9.93. The number of rotatable bonds is 8. The standard InChI is InChI=1S/C24H34N2O3S/c1-16-10-11-17(2)23(13-16)26(30(7,28)29)12-8-9-24(27)25-21(6)22-15-19(4)18(3)14-20(22)5/h10-11,13-15,21H,8-9,12H2,1-7H3,(H,25,27). The summed E-state index contributed by atoms with van der Waals surface area (Å²) in [4.78, 5) is 12.5. The van der Waals surface area contributed by atoms with E-state index < -0.39 is 10.0 Å². The summed E-state index contributed by atoms with van der Waals surface area (Å²) in [5.41, 5.74) is 7.28. The Morgan fingerprint density at radius 3 is 2.23 bits per heavy atom. The number of hydrogen-bond donors (Lipinski definition) is 1. The highest BCUT2D eigenvalue weighted by atomic mass is 32.2. The quantitative estimate of drug-likeness (QED) is 0.663. The number of sulfonamides is 1. The molecule has 1 N–H and O–H groups in total. The van der Waals surface area contributed by atoms with Gasteiger partial charge in [0, 0.05) is 13.0 Å². The minimum atomic E-state index is -3.43. The van der Waals surface area contributed by atoms with Crippen molar-refractivity contribution in [1.29, 1.82) is 0 Å². The van der Waals surface area contributed by atoms with Crippen molar-refractivity contribution < 1.29 is 13.2 Å². The fourth-order valence-corrected chi connectivity index (χ4v) is 4.69. The summed E-state index contributed by atoms with van der Waals surface area (Å²) in [5, 5.41) is 3.05. The van der Waals surface area contributed by atoms with E-state index in [4.69, 9.17) is 0 Å². The molecule has 2 rings (SSSR count). The van der Waals surface area contributed by atoms with E-state index in [1.165, 1.54) is 21.7 Å². The van der Waals surface area contributed by atoms with Gasteiger partial charge >= 0.3 is 0 Å². The molecule has 1 unspecified atom stereocenters. The predicted octanol–water partition coefficient (Wildman–Crippen LogP) is 4.65. The second-order valence-corrected chi connectivity index (χ2v) is 10.2. The fourth-order valence-electron chi connectivity index (χ4n) is 3.68. The van der Waals surface area contributed by atoms with E-state index in [0.717, 1.165) is 22.3 Å². The van der Waals surface area contributed by atoms with Gasteiger partial charge in [-0.05, 0) is 87.4 Å². The lowest BCUT2D eigenvalue weighted by atomic mass is 9.96. The maximum absolute atomic E-state index is 12.5. The molecule has 30 heavy (non-hydrogen) atoms. The molecule has 164 valence electrons. The van der Waals surface area contributed by atoms with Gasteiger partial charge in [-0.15, -0.1) is 0 Å². The number of carbonyl (C=O) groups excluding carboxylic acids is 1. The largest absolute Gasteiger partial charge is 0.350 e. The number of benzene rings is 2. The molecule has 6 heteroatoms. The molecule has 0 spiro atoms. The average molecular weight is 431 g/mol. The number of aryl methyl sites for hydroxylation is 5. The second-order valence-electron chi connectivity index (χ2n) is 8.31. The number of nitrogens with one attached hydrogen (secondary N) is 1. The monoisotopic (exact) mass is 430 g/mol. The van der Waals surface area contributed by atoms with Crippen LogP contribution in [0.25, 0.3) is 0 Å². The smallest absolute Gasteiger partial charge is 0.232 e. The molecular formula is C24H34N2O3S. The first-order valence-corrected chi connectivity index (χ1v) is 12.2. The van der Waals surface area contributed by atoms with Crippen LogP contribution in [0, 0.1) is 34.6 Å². The summed E-state index contributed by atoms with van der Waals surface area (Å²) < 4.78 is 26.1. The van der Waals surface area contributed by atoms with Crippen LogP contribution >= 0.6 is 0 Å². The number of anilines is 1. The van der Waals surface area contributed by atoms with Crippen molar-refractivity contribution in [1.82, 2.24) is 5.32 Å². The van der Waals surface area contributed by atoms with E-state index in [-0.39, 0.29) is 24.9 Å². The lowest BCUT2D eigenvalue weighted by molar-refractivity contribution is -0.121. The zero-order chi connectivity index (χ0) is 22.6. The van der Waals surface area contributed by atoms with Gasteiger partial charge in [0.15, 0.2) is 0 Å². The van der Waals surface area contributed by atoms with Crippen molar-refractivity contribution >= 4 is 21.6 Å². The molecule has 2 aromatic carbocycles. The van der Waals surface area contributed by atoms with Crippen LogP contribution in [0.4, 0.5) is 5.69 Å². The van der Waals surface area contributed by atoms with Crippen molar-refractivity contribution in [2.45, 2.75) is 60.4 Å². The van der Waals surface area contributed by atoms with Crippen LogP contribution in [-0.4, -0.2) is 27.1 Å². The Morgan fingerprint density at radius 2 is 1.60 bits per heavy atom. The molecule has 1 atom stereocenters. The van der Waals surface area contributed by atoms with E-state index >= 15 is 0 Å². The minimum absolute atomic E-state index is 0.0745. The van der Waals surface area contributed by atoms with Crippen LogP contribution in [0.3, 0.4) is 0 Å². The van der Waals surface area contributed by atoms with Crippen LogP contribution in [-0.2, 0) is 14.8 Å². The maximum atomic E-state index is 12.5. The summed E-state index contributed by atoms with van der Waals surface area (Å²) in [6.07, 6.45) is 1.93. The maximum Gasteiger partial charge on any atom is 0.232 e. The highest BCUT2D eigenvalue weighted by molar-refractivity contribution is 7.92. The molecule has 0 fully saturated rings. The minimum Gasteiger partial charge on any atom is -0.350 e. The van der Waals surface area contributed by atoms with Crippen molar-refractivity contribution in [3.63, 3.8) is 0 Å². The fraction of sp³-hybridized carbons (Fsp3) is 0.458. The first kappa shape index (κ1) is 23.9. The highest BCUT2D eigenvalue weighted by Gasteiger charge is 2.20. The van der Waals surface area contributed by atoms with Crippen molar-refractivity contribution in [2.75, 3.05) is 17.1 Å². The molecule has 5 nitrogen and oxygen atoms in total. The molecule has 0 aliphatic rings. The Bertz CT molecular complexity index is 1030. The zero-order valence-corrected chi connectivity index (χ0v) is 20.0. The van der Waals surface area contributed by atoms with Gasteiger partial charge in [0.2, 0.25) is 15.9 Å². The van der Waals surface area contributed by atoms with Gasteiger partial charge in [-0.1, -0.05) is 24.3 Å². The number of nitrogens with zero attached hydrogens (tertiary/aromatic N) is 1. The topological polar surface area (TPSA) is 66.5 Å². The number of carbonyl (C=O) groups is 1. The molecule has 0 bridgehead atoms. The molecule has 0 radical (unpaired) electrons. The Morgan fingerprint density at radius 1 is 0.967 bits per heavy atom. The predicted molar refractivity (Wildman–Crippen MR) is 125 cm³/mol. The molecule has 0 aromatic heterocycles. The first-order valence-electron chi connectivity index (χ1n) is 10.3. The average Bonchev–Trinajstić information content (AvgIpc) is 2.63. The van der Waals surface area contributed by atoms with Crippen LogP contribution in [0.1, 0.15) is 59.2 Å². The van der Waals surface area contributed by atoms with Crippen molar-refractivity contribution in [2.24, 2.45) is 0 Å². The summed E-state index contributed by atoms with van der Waals surface area (Å²) in [5.74, 6) is -0.0745. The van der Waals surface area contributed by atoms with Crippen LogP contribution < -0.4 is 9.62 Å². The van der Waals surface area contributed by atoms with Gasteiger partial charge in [-0.25, -0.2) is 8.42 Å². The summed E-state index contributed by atoms with van der Waals surface area (Å²) in [7, 11) is -3.43.